The number of phenolic OH excluding ortho intramolecular Hbond substituents is 2. The van der Waals surface area contributed by atoms with Gasteiger partial charge in [-0.15, -0.1) is 0 Å². The number of carbonyl (C=O) groups excluding carboxylic acids is 1. The first kappa shape index (κ1) is 22.1. The van der Waals surface area contributed by atoms with Gasteiger partial charge >= 0.3 is 0 Å². The van der Waals surface area contributed by atoms with Crippen molar-refractivity contribution in [1.29, 1.82) is 0 Å². The molecule has 2 heterocycles. The molecule has 2 aliphatic rings. The molecule has 0 bridgehead atoms. The summed E-state index contributed by atoms with van der Waals surface area (Å²) in [5.41, 5.74) is 4.29. The first-order chi connectivity index (χ1) is 16.6. The quantitative estimate of drug-likeness (QED) is 0.514. The van der Waals surface area contributed by atoms with Crippen molar-refractivity contribution in [2.75, 3.05) is 25.1 Å². The van der Waals surface area contributed by atoms with Gasteiger partial charge in [0.25, 0.3) is 5.91 Å². The minimum absolute atomic E-state index is 0.0619. The molecule has 34 heavy (non-hydrogen) atoms. The van der Waals surface area contributed by atoms with E-state index in [0.29, 0.717) is 19.7 Å². The number of benzene rings is 3. The Hall–Kier alpha value is -3.71. The standard InChI is InChI=1S/C27H28N2O5/c30-21-13-24(31)26(25(14-21)34-16-18-5-2-1-3-6-18)27(32)29-11-9-19-7-4-8-23(22(19)15-29)28-20-10-12-33-17-20/h1-8,13-14,20,28,30-31H,9-12,15-17H2. The second kappa shape index (κ2) is 9.65. The number of hydrogen-bond acceptors (Lipinski definition) is 6. The predicted molar refractivity (Wildman–Crippen MR) is 128 cm³/mol. The number of anilines is 1. The minimum atomic E-state index is -0.329. The lowest BCUT2D eigenvalue weighted by molar-refractivity contribution is 0.0726. The van der Waals surface area contributed by atoms with Crippen LogP contribution in [0.1, 0.15) is 33.5 Å². The highest BCUT2D eigenvalue weighted by Gasteiger charge is 2.29. The lowest BCUT2D eigenvalue weighted by Gasteiger charge is -2.31. The van der Waals surface area contributed by atoms with Gasteiger partial charge in [-0.1, -0.05) is 42.5 Å². The van der Waals surface area contributed by atoms with Crippen LogP contribution in [-0.4, -0.2) is 46.8 Å². The Morgan fingerprint density at radius 3 is 2.76 bits per heavy atom. The number of hydrogen-bond donors (Lipinski definition) is 3. The third-order valence-corrected chi connectivity index (χ3v) is 6.37. The summed E-state index contributed by atoms with van der Waals surface area (Å²) in [6.45, 7) is 2.59. The lowest BCUT2D eigenvalue weighted by Crippen LogP contribution is -2.37. The van der Waals surface area contributed by atoms with Gasteiger partial charge in [0.15, 0.2) is 0 Å². The fraction of sp³-hybridized carbons (Fsp3) is 0.296. The second-order valence-corrected chi connectivity index (χ2v) is 8.74. The highest BCUT2D eigenvalue weighted by atomic mass is 16.5. The van der Waals surface area contributed by atoms with Gasteiger partial charge < -0.3 is 29.9 Å². The average Bonchev–Trinajstić information content (AvgIpc) is 3.36. The van der Waals surface area contributed by atoms with Crippen molar-refractivity contribution in [2.45, 2.75) is 32.0 Å². The van der Waals surface area contributed by atoms with Crippen LogP contribution in [0.3, 0.4) is 0 Å². The van der Waals surface area contributed by atoms with Crippen LogP contribution in [0.15, 0.2) is 60.7 Å². The van der Waals surface area contributed by atoms with Crippen molar-refractivity contribution < 1.29 is 24.5 Å². The molecule has 3 aromatic carbocycles. The Kier molecular flexibility index (Phi) is 6.27. The zero-order valence-corrected chi connectivity index (χ0v) is 18.9. The van der Waals surface area contributed by atoms with Crippen LogP contribution in [0.5, 0.6) is 17.2 Å². The fourth-order valence-corrected chi connectivity index (χ4v) is 4.57. The van der Waals surface area contributed by atoms with E-state index in [4.69, 9.17) is 9.47 Å². The Morgan fingerprint density at radius 2 is 1.97 bits per heavy atom. The molecule has 7 heteroatoms. The van der Waals surface area contributed by atoms with E-state index in [-0.39, 0.29) is 41.4 Å². The number of carbonyl (C=O) groups is 1. The van der Waals surface area contributed by atoms with Gasteiger partial charge in [-0.05, 0) is 35.6 Å². The van der Waals surface area contributed by atoms with Crippen molar-refractivity contribution in [3.8, 4) is 17.2 Å². The predicted octanol–water partition coefficient (Wildman–Crippen LogP) is 4.08. The van der Waals surface area contributed by atoms with Crippen LogP contribution in [0.2, 0.25) is 0 Å². The molecule has 1 fully saturated rings. The van der Waals surface area contributed by atoms with E-state index < -0.39 is 0 Å². The van der Waals surface area contributed by atoms with Gasteiger partial charge in [0, 0.05) is 37.5 Å². The molecule has 1 amide bonds. The molecule has 0 radical (unpaired) electrons. The summed E-state index contributed by atoms with van der Waals surface area (Å²) in [5.74, 6) is -0.628. The van der Waals surface area contributed by atoms with Crippen LogP contribution in [0.25, 0.3) is 0 Å². The van der Waals surface area contributed by atoms with Crippen molar-refractivity contribution in [3.05, 3.63) is 82.9 Å². The number of amides is 1. The van der Waals surface area contributed by atoms with Crippen molar-refractivity contribution >= 4 is 11.6 Å². The summed E-state index contributed by atoms with van der Waals surface area (Å²) < 4.78 is 11.4. The summed E-state index contributed by atoms with van der Waals surface area (Å²) in [5, 5.41) is 24.2. The molecule has 1 atom stereocenters. The number of aromatic hydroxyl groups is 2. The highest BCUT2D eigenvalue weighted by molar-refractivity contribution is 6.00. The average molecular weight is 461 g/mol. The van der Waals surface area contributed by atoms with Crippen molar-refractivity contribution in [1.82, 2.24) is 4.90 Å². The second-order valence-electron chi connectivity index (χ2n) is 8.74. The maximum atomic E-state index is 13.6. The molecule has 176 valence electrons. The van der Waals surface area contributed by atoms with E-state index in [2.05, 4.69) is 11.4 Å². The third-order valence-electron chi connectivity index (χ3n) is 6.37. The Balaban J connectivity index is 1.39. The molecule has 5 rings (SSSR count). The summed E-state index contributed by atoms with van der Waals surface area (Å²) in [4.78, 5) is 15.3. The number of nitrogens with zero attached hydrogens (tertiary/aromatic N) is 1. The number of nitrogens with one attached hydrogen (secondary N) is 1. The van der Waals surface area contributed by atoms with Crippen LogP contribution < -0.4 is 10.1 Å². The lowest BCUT2D eigenvalue weighted by atomic mass is 9.96. The summed E-state index contributed by atoms with van der Waals surface area (Å²) in [6, 6.07) is 18.5. The molecule has 0 aromatic heterocycles. The monoisotopic (exact) mass is 460 g/mol. The van der Waals surface area contributed by atoms with Gasteiger partial charge in [-0.25, -0.2) is 0 Å². The molecule has 3 N–H and O–H groups in total. The molecule has 0 aliphatic carbocycles. The molecule has 7 nitrogen and oxygen atoms in total. The van der Waals surface area contributed by atoms with Crippen molar-refractivity contribution in [3.63, 3.8) is 0 Å². The number of phenols is 2. The maximum Gasteiger partial charge on any atom is 0.261 e. The van der Waals surface area contributed by atoms with Gasteiger partial charge in [0.1, 0.15) is 29.4 Å². The van der Waals surface area contributed by atoms with Gasteiger partial charge in [0.05, 0.1) is 12.6 Å². The topological polar surface area (TPSA) is 91.3 Å². The summed E-state index contributed by atoms with van der Waals surface area (Å²) in [7, 11) is 0. The highest BCUT2D eigenvalue weighted by Crippen LogP contribution is 2.36. The minimum Gasteiger partial charge on any atom is -0.508 e. The molecular formula is C27H28N2O5. The Bertz CT molecular complexity index is 1180. The molecular weight excluding hydrogens is 432 g/mol. The Morgan fingerprint density at radius 1 is 1.12 bits per heavy atom. The number of rotatable bonds is 6. The fourth-order valence-electron chi connectivity index (χ4n) is 4.57. The van der Waals surface area contributed by atoms with E-state index in [1.165, 1.54) is 17.7 Å². The third kappa shape index (κ3) is 4.65. The molecule has 0 saturated carbocycles. The molecule has 1 unspecified atom stereocenters. The zero-order valence-electron chi connectivity index (χ0n) is 18.9. The van der Waals surface area contributed by atoms with E-state index in [1.54, 1.807) is 4.90 Å². The molecule has 1 saturated heterocycles. The largest absolute Gasteiger partial charge is 0.508 e. The normalized spacial score (nSPS) is 17.3. The smallest absolute Gasteiger partial charge is 0.261 e. The SMILES string of the molecule is O=C(c1c(O)cc(O)cc1OCc1ccccc1)N1CCc2cccc(NC3CCOC3)c2C1. The van der Waals surface area contributed by atoms with Gasteiger partial charge in [-0.2, -0.15) is 0 Å². The van der Waals surface area contributed by atoms with Crippen LogP contribution in [0, 0.1) is 0 Å². The van der Waals surface area contributed by atoms with Gasteiger partial charge in [0.2, 0.25) is 0 Å². The van der Waals surface area contributed by atoms with E-state index in [9.17, 15) is 15.0 Å². The van der Waals surface area contributed by atoms with E-state index >= 15 is 0 Å². The molecule has 0 spiro atoms. The number of fused-ring (bicyclic) bond motifs is 1. The summed E-state index contributed by atoms with van der Waals surface area (Å²) >= 11 is 0. The zero-order chi connectivity index (χ0) is 23.5. The summed E-state index contributed by atoms with van der Waals surface area (Å²) in [6.07, 6.45) is 1.67. The maximum absolute atomic E-state index is 13.6. The Labute approximate surface area is 198 Å². The van der Waals surface area contributed by atoms with Crippen molar-refractivity contribution in [2.24, 2.45) is 0 Å². The number of ether oxygens (including phenoxy) is 2. The first-order valence-electron chi connectivity index (χ1n) is 11.6. The van der Waals surface area contributed by atoms with E-state index in [0.717, 1.165) is 36.3 Å². The molecule has 3 aromatic rings. The van der Waals surface area contributed by atoms with Crippen LogP contribution >= 0.6 is 0 Å². The van der Waals surface area contributed by atoms with Gasteiger partial charge in [-0.3, -0.25) is 4.79 Å². The van der Waals surface area contributed by atoms with E-state index in [1.807, 2.05) is 42.5 Å². The van der Waals surface area contributed by atoms with Crippen LogP contribution in [0.4, 0.5) is 5.69 Å². The molecule has 2 aliphatic heterocycles. The first-order valence-corrected chi connectivity index (χ1v) is 11.6. The van der Waals surface area contributed by atoms with Crippen LogP contribution in [-0.2, 0) is 24.3 Å².